The number of oxime groups is 1. The van der Waals surface area contributed by atoms with Gasteiger partial charge in [-0.1, -0.05) is 11.6 Å². The molecule has 7 nitrogen and oxygen atoms in total. The van der Waals surface area contributed by atoms with Crippen molar-refractivity contribution in [2.24, 2.45) is 5.16 Å². The van der Waals surface area contributed by atoms with Gasteiger partial charge < -0.3 is 5.32 Å². The molecule has 0 atom stereocenters. The normalized spacial score (nSPS) is 11.9. The third kappa shape index (κ3) is 4.73. The van der Waals surface area contributed by atoms with Crippen molar-refractivity contribution in [3.05, 3.63) is 29.3 Å². The van der Waals surface area contributed by atoms with E-state index < -0.39 is 21.0 Å². The molecule has 0 aliphatic heterocycles. The van der Waals surface area contributed by atoms with Crippen LogP contribution < -0.4 is 5.32 Å². The van der Waals surface area contributed by atoms with Crippen LogP contribution in [-0.2, 0) is 14.7 Å². The average molecular weight is 330 g/mol. The molecule has 9 heteroatoms. The van der Waals surface area contributed by atoms with Crippen molar-refractivity contribution in [2.45, 2.75) is 24.8 Å². The molecule has 0 aliphatic rings. The van der Waals surface area contributed by atoms with Crippen LogP contribution in [0.4, 0.5) is 4.79 Å². The molecular weight excluding hydrogens is 318 g/mol. The van der Waals surface area contributed by atoms with Crippen molar-refractivity contribution in [1.82, 2.24) is 5.32 Å². The summed E-state index contributed by atoms with van der Waals surface area (Å²) in [6, 6.07) is 6.33. The van der Waals surface area contributed by atoms with E-state index in [1.165, 1.54) is 30.3 Å². The zero-order valence-corrected chi connectivity index (χ0v) is 12.8. The van der Waals surface area contributed by atoms with Crippen molar-refractivity contribution < 1.29 is 18.0 Å². The second kappa shape index (κ2) is 7.06. The van der Waals surface area contributed by atoms with E-state index in [1.807, 2.05) is 0 Å². The number of carbonyl (C=O) groups excluding carboxylic acids is 1. The maximum atomic E-state index is 12.1. The first-order valence-corrected chi connectivity index (χ1v) is 7.59. The Morgan fingerprint density at radius 1 is 1.38 bits per heavy atom. The Hall–Kier alpha value is -2.11. The Balaban J connectivity index is 3.01. The molecule has 1 rings (SSSR count). The van der Waals surface area contributed by atoms with E-state index in [4.69, 9.17) is 16.9 Å². The molecule has 0 heterocycles. The van der Waals surface area contributed by atoms with Gasteiger partial charge >= 0.3 is 6.09 Å². The van der Waals surface area contributed by atoms with Crippen LogP contribution in [0.25, 0.3) is 0 Å². The van der Waals surface area contributed by atoms with E-state index in [2.05, 4.69) is 15.3 Å². The molecule has 0 radical (unpaired) electrons. The van der Waals surface area contributed by atoms with Gasteiger partial charge in [0.05, 0.1) is 4.90 Å². The molecule has 0 saturated carbocycles. The molecule has 1 aromatic rings. The minimum absolute atomic E-state index is 0.180. The highest BCUT2D eigenvalue weighted by molar-refractivity contribution is 8.07. The number of halogens is 1. The monoisotopic (exact) mass is 329 g/mol. The van der Waals surface area contributed by atoms with Crippen LogP contribution in [0.3, 0.4) is 0 Å². The number of hydrogen-bond donors (Lipinski definition) is 1. The van der Waals surface area contributed by atoms with Gasteiger partial charge in [0.1, 0.15) is 6.07 Å². The number of hydrogen-bond acceptors (Lipinski definition) is 6. The Kier molecular flexibility index (Phi) is 5.69. The molecule has 112 valence electrons. The van der Waals surface area contributed by atoms with Gasteiger partial charge in [-0.25, -0.2) is 13.2 Å². The first-order chi connectivity index (χ1) is 9.77. The topological polar surface area (TPSA) is 109 Å². The minimum Gasteiger partial charge on any atom is -0.317 e. The molecule has 0 aliphatic carbocycles. The predicted octanol–water partition coefficient (Wildman–Crippen LogP) is 2.09. The number of amides is 1. The number of sulfone groups is 1. The standard InChI is InChI=1S/C12H12ClN3O4S/c1-8(2)15-12(17)20-16-11(7-14)21(18,19)10-5-3-9(13)4-6-10/h3-6,8H,1-2H3,(H,15,17)/b16-11+. The van der Waals surface area contributed by atoms with Gasteiger partial charge in [0.15, 0.2) is 0 Å². The summed E-state index contributed by atoms with van der Waals surface area (Å²) in [5.74, 6) is 0. The lowest BCUT2D eigenvalue weighted by atomic mass is 10.4. The smallest absolute Gasteiger partial charge is 0.317 e. The van der Waals surface area contributed by atoms with Gasteiger partial charge in [0.2, 0.25) is 9.84 Å². The fourth-order valence-electron chi connectivity index (χ4n) is 1.20. The van der Waals surface area contributed by atoms with Crippen molar-refractivity contribution >= 4 is 32.6 Å². The Morgan fingerprint density at radius 3 is 2.43 bits per heavy atom. The third-order valence-corrected chi connectivity index (χ3v) is 3.91. The van der Waals surface area contributed by atoms with Gasteiger partial charge in [0.25, 0.3) is 5.04 Å². The van der Waals surface area contributed by atoms with Gasteiger partial charge in [-0.2, -0.15) is 5.26 Å². The minimum atomic E-state index is -4.17. The highest BCUT2D eigenvalue weighted by Gasteiger charge is 2.24. The lowest BCUT2D eigenvalue weighted by Gasteiger charge is -2.05. The molecule has 0 unspecified atom stereocenters. The molecule has 0 fully saturated rings. The lowest BCUT2D eigenvalue weighted by Crippen LogP contribution is -2.30. The van der Waals surface area contributed by atoms with Crippen molar-refractivity contribution in [2.75, 3.05) is 0 Å². The van der Waals surface area contributed by atoms with Gasteiger partial charge in [-0.3, -0.25) is 4.84 Å². The highest BCUT2D eigenvalue weighted by Crippen LogP contribution is 2.16. The van der Waals surface area contributed by atoms with Gasteiger partial charge in [-0.05, 0) is 43.3 Å². The van der Waals surface area contributed by atoms with Crippen LogP contribution in [0, 0.1) is 11.3 Å². The molecule has 1 N–H and O–H groups in total. The Bertz CT molecular complexity index is 690. The van der Waals surface area contributed by atoms with Crippen molar-refractivity contribution in [3.8, 4) is 6.07 Å². The highest BCUT2D eigenvalue weighted by atomic mass is 35.5. The number of nitrogens with one attached hydrogen (secondary N) is 1. The molecule has 0 saturated heterocycles. The quantitative estimate of drug-likeness (QED) is 0.395. The summed E-state index contributed by atoms with van der Waals surface area (Å²) in [6.07, 6.45) is -0.955. The molecule has 0 spiro atoms. The van der Waals surface area contributed by atoms with E-state index in [0.29, 0.717) is 5.02 Å². The lowest BCUT2D eigenvalue weighted by molar-refractivity contribution is 0.148. The number of nitriles is 1. The zero-order valence-electron chi connectivity index (χ0n) is 11.2. The second-order valence-electron chi connectivity index (χ2n) is 4.14. The summed E-state index contributed by atoms with van der Waals surface area (Å²) < 4.78 is 24.2. The average Bonchev–Trinajstić information content (AvgIpc) is 2.38. The van der Waals surface area contributed by atoms with Crippen molar-refractivity contribution in [3.63, 3.8) is 0 Å². The molecule has 1 amide bonds. The molecular formula is C12H12ClN3O4S. The Morgan fingerprint density at radius 2 is 1.95 bits per heavy atom. The number of rotatable bonds is 3. The maximum Gasteiger partial charge on any atom is 0.433 e. The fourth-order valence-corrected chi connectivity index (χ4v) is 2.30. The van der Waals surface area contributed by atoms with Gasteiger partial charge in [0, 0.05) is 11.1 Å². The number of nitrogens with zero attached hydrogens (tertiary/aromatic N) is 2. The third-order valence-electron chi connectivity index (χ3n) is 2.09. The second-order valence-corrected chi connectivity index (χ2v) is 6.44. The van der Waals surface area contributed by atoms with E-state index in [0.717, 1.165) is 0 Å². The van der Waals surface area contributed by atoms with Crippen LogP contribution in [0.5, 0.6) is 0 Å². The first kappa shape index (κ1) is 16.9. The summed E-state index contributed by atoms with van der Waals surface area (Å²) in [6.45, 7) is 3.36. The van der Waals surface area contributed by atoms with Gasteiger partial charge in [-0.15, -0.1) is 0 Å². The maximum absolute atomic E-state index is 12.1. The van der Waals surface area contributed by atoms with Crippen LogP contribution in [-0.4, -0.2) is 25.6 Å². The SMILES string of the molecule is CC(C)NC(=O)O/N=C(\C#N)S(=O)(=O)c1ccc(Cl)cc1. The summed E-state index contributed by atoms with van der Waals surface area (Å²) in [7, 11) is -4.17. The van der Waals surface area contributed by atoms with Crippen LogP contribution in [0.1, 0.15) is 13.8 Å². The summed E-state index contributed by atoms with van der Waals surface area (Å²) >= 11 is 5.66. The van der Waals surface area contributed by atoms with E-state index in [1.54, 1.807) is 13.8 Å². The van der Waals surface area contributed by atoms with E-state index in [-0.39, 0.29) is 10.9 Å². The molecule has 21 heavy (non-hydrogen) atoms. The van der Waals surface area contributed by atoms with E-state index in [9.17, 15) is 13.2 Å². The fraction of sp³-hybridized carbons (Fsp3) is 0.250. The Labute approximate surface area is 127 Å². The molecule has 0 aromatic heterocycles. The largest absolute Gasteiger partial charge is 0.433 e. The summed E-state index contributed by atoms with van der Waals surface area (Å²) in [5.41, 5.74) is 0. The molecule has 0 bridgehead atoms. The number of carbonyl (C=O) groups is 1. The number of benzene rings is 1. The van der Waals surface area contributed by atoms with Crippen LogP contribution in [0.2, 0.25) is 5.02 Å². The zero-order chi connectivity index (χ0) is 16.0. The first-order valence-electron chi connectivity index (χ1n) is 5.73. The van der Waals surface area contributed by atoms with Crippen LogP contribution >= 0.6 is 11.6 Å². The molecule has 1 aromatic carbocycles. The predicted molar refractivity (Wildman–Crippen MR) is 76.4 cm³/mol. The van der Waals surface area contributed by atoms with E-state index >= 15 is 0 Å². The van der Waals surface area contributed by atoms with Crippen LogP contribution in [0.15, 0.2) is 34.3 Å². The van der Waals surface area contributed by atoms with Crippen molar-refractivity contribution in [1.29, 1.82) is 5.26 Å². The summed E-state index contributed by atoms with van der Waals surface area (Å²) in [4.78, 5) is 15.4. The summed E-state index contributed by atoms with van der Waals surface area (Å²) in [5, 5.41) is 13.7.